The average Bonchev–Trinajstić information content (AvgIpc) is 2.64. The number of morpholine rings is 1. The van der Waals surface area contributed by atoms with E-state index in [-0.39, 0.29) is 35.7 Å². The molecule has 28 heavy (non-hydrogen) atoms. The van der Waals surface area contributed by atoms with Gasteiger partial charge in [-0.15, -0.1) is 12.4 Å². The van der Waals surface area contributed by atoms with E-state index in [1.54, 1.807) is 26.0 Å². The van der Waals surface area contributed by atoms with Crippen molar-refractivity contribution in [1.29, 1.82) is 0 Å². The third kappa shape index (κ3) is 6.31. The first-order valence-electron chi connectivity index (χ1n) is 9.41. The summed E-state index contributed by atoms with van der Waals surface area (Å²) in [7, 11) is -3.60. The van der Waals surface area contributed by atoms with E-state index in [4.69, 9.17) is 4.74 Å². The highest BCUT2D eigenvalue weighted by Gasteiger charge is 2.23. The first-order chi connectivity index (χ1) is 12.9. The van der Waals surface area contributed by atoms with Crippen LogP contribution in [0, 0.1) is 0 Å². The molecule has 1 aliphatic rings. The van der Waals surface area contributed by atoms with Gasteiger partial charge >= 0.3 is 0 Å². The van der Waals surface area contributed by atoms with Crippen LogP contribution in [0.1, 0.15) is 27.2 Å². The predicted octanol–water partition coefficient (Wildman–Crippen LogP) is 1.89. The summed E-state index contributed by atoms with van der Waals surface area (Å²) < 4.78 is 32.3. The molecule has 3 N–H and O–H groups in total. The number of ether oxygens (including phenoxy) is 1. The molecule has 1 aromatic rings. The second-order valence-corrected chi connectivity index (χ2v) is 8.24. The SMILES string of the molecule is CCNc1ccc(S(=O)(=O)N(CC)CC)cc1NC(=O)CC1COCCN1.Cl. The van der Waals surface area contributed by atoms with Crippen LogP contribution in [0.5, 0.6) is 0 Å². The molecule has 1 unspecified atom stereocenters. The number of carbonyl (C=O) groups is 1. The third-order valence-corrected chi connectivity index (χ3v) is 6.45. The Bertz CT molecular complexity index is 735. The summed E-state index contributed by atoms with van der Waals surface area (Å²) in [6.07, 6.45) is 0.262. The third-order valence-electron chi connectivity index (χ3n) is 4.41. The molecule has 0 radical (unpaired) electrons. The molecule has 8 nitrogen and oxygen atoms in total. The lowest BCUT2D eigenvalue weighted by Gasteiger charge is -2.24. The Kier molecular flexibility index (Phi) is 10.2. The van der Waals surface area contributed by atoms with E-state index in [0.29, 0.717) is 44.2 Å². The van der Waals surface area contributed by atoms with Crippen LogP contribution in [0.25, 0.3) is 0 Å². The standard InChI is InChI=1S/C18H30N4O4S.ClH/c1-4-19-16-8-7-15(27(24,25)22(5-2)6-3)12-17(16)21-18(23)11-14-13-26-10-9-20-14;/h7-8,12,14,19-20H,4-6,9-11,13H2,1-3H3,(H,21,23);1H. The number of rotatable bonds is 9. The van der Waals surface area contributed by atoms with Crippen molar-refractivity contribution in [1.82, 2.24) is 9.62 Å². The molecule has 160 valence electrons. The Hall–Kier alpha value is -1.39. The maximum absolute atomic E-state index is 12.8. The van der Waals surface area contributed by atoms with E-state index >= 15 is 0 Å². The van der Waals surface area contributed by atoms with Gasteiger partial charge in [0.05, 0.1) is 29.5 Å². The Morgan fingerprint density at radius 3 is 2.54 bits per heavy atom. The molecule has 1 heterocycles. The smallest absolute Gasteiger partial charge is 0.243 e. The highest BCUT2D eigenvalue weighted by atomic mass is 35.5. The second-order valence-electron chi connectivity index (χ2n) is 6.31. The number of halogens is 1. The number of nitrogens with one attached hydrogen (secondary N) is 3. The molecule has 0 saturated carbocycles. The lowest BCUT2D eigenvalue weighted by Crippen LogP contribution is -2.43. The number of carbonyl (C=O) groups excluding carboxylic acids is 1. The van der Waals surface area contributed by atoms with E-state index in [1.807, 2.05) is 6.92 Å². The van der Waals surface area contributed by atoms with Gasteiger partial charge in [0.25, 0.3) is 0 Å². The average molecular weight is 435 g/mol. The summed E-state index contributed by atoms with van der Waals surface area (Å²) >= 11 is 0. The van der Waals surface area contributed by atoms with Gasteiger partial charge < -0.3 is 20.7 Å². The van der Waals surface area contributed by atoms with Crippen molar-refractivity contribution in [3.8, 4) is 0 Å². The molecule has 0 bridgehead atoms. The Balaban J connectivity index is 0.00000392. The number of anilines is 2. The number of nitrogens with zero attached hydrogens (tertiary/aromatic N) is 1. The minimum Gasteiger partial charge on any atom is -0.384 e. The van der Waals surface area contributed by atoms with Gasteiger partial charge in [0.1, 0.15) is 0 Å². The summed E-state index contributed by atoms with van der Waals surface area (Å²) in [5, 5.41) is 9.24. The van der Waals surface area contributed by atoms with E-state index in [1.165, 1.54) is 10.4 Å². The van der Waals surface area contributed by atoms with Crippen LogP contribution in [0.15, 0.2) is 23.1 Å². The summed E-state index contributed by atoms with van der Waals surface area (Å²) in [6, 6.07) is 4.74. The molecule has 1 saturated heterocycles. The van der Waals surface area contributed by atoms with Crippen LogP contribution in [0.2, 0.25) is 0 Å². The molecule has 1 aromatic carbocycles. The Morgan fingerprint density at radius 2 is 1.96 bits per heavy atom. The zero-order chi connectivity index (χ0) is 19.9. The van der Waals surface area contributed by atoms with Crippen molar-refractivity contribution in [2.75, 3.05) is 50.0 Å². The zero-order valence-electron chi connectivity index (χ0n) is 16.7. The number of hydrogen-bond donors (Lipinski definition) is 3. The van der Waals surface area contributed by atoms with E-state index < -0.39 is 10.0 Å². The lowest BCUT2D eigenvalue weighted by molar-refractivity contribution is -0.117. The van der Waals surface area contributed by atoms with Crippen molar-refractivity contribution in [3.05, 3.63) is 18.2 Å². The molecule has 2 rings (SSSR count). The largest absolute Gasteiger partial charge is 0.384 e. The molecular weight excluding hydrogens is 404 g/mol. The van der Waals surface area contributed by atoms with E-state index in [0.717, 1.165) is 6.54 Å². The first-order valence-corrected chi connectivity index (χ1v) is 10.8. The summed E-state index contributed by atoms with van der Waals surface area (Å²) in [5.74, 6) is -0.186. The maximum Gasteiger partial charge on any atom is 0.243 e. The maximum atomic E-state index is 12.8. The van der Waals surface area contributed by atoms with Crippen LogP contribution in [-0.2, 0) is 19.6 Å². The molecule has 1 fully saturated rings. The zero-order valence-corrected chi connectivity index (χ0v) is 18.3. The molecule has 10 heteroatoms. The quantitative estimate of drug-likeness (QED) is 0.548. The van der Waals surface area contributed by atoms with Crippen molar-refractivity contribution in [2.24, 2.45) is 0 Å². The molecule has 1 aliphatic heterocycles. The summed E-state index contributed by atoms with van der Waals surface area (Å²) in [4.78, 5) is 12.6. The second kappa shape index (κ2) is 11.6. The van der Waals surface area contributed by atoms with Crippen LogP contribution >= 0.6 is 12.4 Å². The molecule has 1 atom stereocenters. The van der Waals surface area contributed by atoms with Gasteiger partial charge in [0.15, 0.2) is 0 Å². The van der Waals surface area contributed by atoms with Crippen LogP contribution in [0.3, 0.4) is 0 Å². The van der Waals surface area contributed by atoms with Gasteiger partial charge in [-0.3, -0.25) is 4.79 Å². The predicted molar refractivity (Wildman–Crippen MR) is 114 cm³/mol. The van der Waals surface area contributed by atoms with Gasteiger partial charge in [0, 0.05) is 38.6 Å². The molecule has 1 amide bonds. The highest BCUT2D eigenvalue weighted by molar-refractivity contribution is 7.89. The van der Waals surface area contributed by atoms with Crippen molar-refractivity contribution >= 4 is 39.7 Å². The van der Waals surface area contributed by atoms with Crippen molar-refractivity contribution in [2.45, 2.75) is 38.1 Å². The van der Waals surface area contributed by atoms with Crippen LogP contribution < -0.4 is 16.0 Å². The molecule has 0 aromatic heterocycles. The lowest BCUT2D eigenvalue weighted by atomic mass is 10.2. The van der Waals surface area contributed by atoms with Crippen molar-refractivity contribution < 1.29 is 17.9 Å². The Morgan fingerprint density at radius 1 is 1.25 bits per heavy atom. The van der Waals surface area contributed by atoms with E-state index in [2.05, 4.69) is 16.0 Å². The van der Waals surface area contributed by atoms with Crippen LogP contribution in [0.4, 0.5) is 11.4 Å². The van der Waals surface area contributed by atoms with Crippen molar-refractivity contribution in [3.63, 3.8) is 0 Å². The fraction of sp³-hybridized carbons (Fsp3) is 0.611. The normalized spacial score (nSPS) is 17.1. The topological polar surface area (TPSA) is 99.8 Å². The van der Waals surface area contributed by atoms with E-state index in [9.17, 15) is 13.2 Å². The van der Waals surface area contributed by atoms with Gasteiger partial charge in [-0.1, -0.05) is 13.8 Å². The molecule has 0 spiro atoms. The number of sulfonamides is 1. The van der Waals surface area contributed by atoms with Gasteiger partial charge in [-0.25, -0.2) is 8.42 Å². The Labute approximate surface area is 173 Å². The number of benzene rings is 1. The van der Waals surface area contributed by atoms with Gasteiger partial charge in [0.2, 0.25) is 15.9 Å². The summed E-state index contributed by atoms with van der Waals surface area (Å²) in [5.41, 5.74) is 1.16. The number of hydrogen-bond acceptors (Lipinski definition) is 6. The fourth-order valence-electron chi connectivity index (χ4n) is 3.02. The monoisotopic (exact) mass is 434 g/mol. The summed E-state index contributed by atoms with van der Waals surface area (Å²) in [6.45, 7) is 8.84. The number of amides is 1. The first kappa shape index (κ1) is 24.6. The molecular formula is C18H31ClN4O4S. The van der Waals surface area contributed by atoms with Gasteiger partial charge in [-0.2, -0.15) is 4.31 Å². The van der Waals surface area contributed by atoms with Gasteiger partial charge in [-0.05, 0) is 25.1 Å². The molecule has 0 aliphatic carbocycles. The van der Waals surface area contributed by atoms with Crippen LogP contribution in [-0.4, -0.2) is 64.1 Å². The minimum atomic E-state index is -3.60. The highest BCUT2D eigenvalue weighted by Crippen LogP contribution is 2.27. The minimum absolute atomic E-state index is 0. The fourth-order valence-corrected chi connectivity index (χ4v) is 4.51.